The highest BCUT2D eigenvalue weighted by molar-refractivity contribution is 14.0. The summed E-state index contributed by atoms with van der Waals surface area (Å²) in [7, 11) is 0. The first-order valence-corrected chi connectivity index (χ1v) is 7.38. The van der Waals surface area contributed by atoms with Crippen molar-refractivity contribution in [2.24, 2.45) is 16.3 Å². The van der Waals surface area contributed by atoms with Crippen LogP contribution in [0.1, 0.15) is 33.6 Å². The second-order valence-electron chi connectivity index (χ2n) is 6.05. The van der Waals surface area contributed by atoms with E-state index in [1.54, 1.807) is 0 Å². The number of hydrogen-bond acceptors (Lipinski definition) is 2. The fraction of sp³-hybridized carbons (Fsp3) is 0.800. The average molecular weight is 393 g/mol. The maximum Gasteiger partial charge on any atom is 0.191 e. The Labute approximate surface area is 139 Å². The lowest BCUT2D eigenvalue weighted by molar-refractivity contribution is -0.188. The van der Waals surface area contributed by atoms with Crippen molar-refractivity contribution in [1.29, 1.82) is 0 Å². The first kappa shape index (κ1) is 17.8. The third kappa shape index (κ3) is 3.47. The van der Waals surface area contributed by atoms with Crippen LogP contribution in [0.4, 0.5) is 0 Å². The van der Waals surface area contributed by atoms with Crippen LogP contribution in [0.25, 0.3) is 0 Å². The van der Waals surface area contributed by atoms with Gasteiger partial charge in [0.15, 0.2) is 5.96 Å². The third-order valence-corrected chi connectivity index (χ3v) is 4.35. The normalized spacial score (nSPS) is 31.4. The predicted molar refractivity (Wildman–Crippen MR) is 94.8 cm³/mol. The summed E-state index contributed by atoms with van der Waals surface area (Å²) in [5, 5.41) is 6.89. The van der Waals surface area contributed by atoms with Gasteiger partial charge in [-0.1, -0.05) is 19.9 Å². The van der Waals surface area contributed by atoms with E-state index in [0.29, 0.717) is 24.6 Å². The molecule has 2 rings (SSSR count). The van der Waals surface area contributed by atoms with Crippen molar-refractivity contribution >= 4 is 29.9 Å². The van der Waals surface area contributed by atoms with E-state index in [2.05, 4.69) is 43.0 Å². The minimum atomic E-state index is 0. The van der Waals surface area contributed by atoms with Crippen LogP contribution in [-0.4, -0.2) is 37.8 Å². The maximum atomic E-state index is 5.93. The van der Waals surface area contributed by atoms with Crippen molar-refractivity contribution in [3.63, 3.8) is 0 Å². The molecule has 3 unspecified atom stereocenters. The molecule has 1 saturated carbocycles. The second kappa shape index (κ2) is 7.64. The Bertz CT molecular complexity index is 357. The highest BCUT2D eigenvalue weighted by atomic mass is 127. The molecule has 4 nitrogen and oxygen atoms in total. The van der Waals surface area contributed by atoms with Gasteiger partial charge in [-0.2, -0.15) is 0 Å². The van der Waals surface area contributed by atoms with Gasteiger partial charge in [-0.25, -0.2) is 4.99 Å². The molecule has 0 aromatic heterocycles. The topological polar surface area (TPSA) is 45.7 Å². The fourth-order valence-electron chi connectivity index (χ4n) is 3.44. The standard InChI is InChI=1S/C15H27N3O.HI/c1-5-9-17-14(16-6-2)18-12-11-8-7-10-19-13(11)15(12,3)4;/h5,11-13H,1,6-10H2,2-4H3,(H2,16,17,18);1H. The van der Waals surface area contributed by atoms with Crippen molar-refractivity contribution in [2.45, 2.75) is 45.8 Å². The zero-order chi connectivity index (χ0) is 13.9. The van der Waals surface area contributed by atoms with E-state index in [-0.39, 0.29) is 29.4 Å². The van der Waals surface area contributed by atoms with E-state index in [0.717, 1.165) is 19.1 Å². The van der Waals surface area contributed by atoms with Gasteiger partial charge in [-0.05, 0) is 19.8 Å². The van der Waals surface area contributed by atoms with Crippen LogP contribution in [0.15, 0.2) is 17.6 Å². The lowest BCUT2D eigenvalue weighted by Crippen LogP contribution is -2.71. The van der Waals surface area contributed by atoms with Crippen LogP contribution in [-0.2, 0) is 4.74 Å². The Balaban J connectivity index is 0.00000200. The monoisotopic (exact) mass is 393 g/mol. The van der Waals surface area contributed by atoms with E-state index in [9.17, 15) is 0 Å². The number of hydrogen-bond donors (Lipinski definition) is 2. The van der Waals surface area contributed by atoms with Crippen LogP contribution in [0.2, 0.25) is 0 Å². The first-order chi connectivity index (χ1) is 9.11. The summed E-state index contributed by atoms with van der Waals surface area (Å²) in [5.74, 6) is 1.51. The van der Waals surface area contributed by atoms with Crippen molar-refractivity contribution in [2.75, 3.05) is 19.7 Å². The molecule has 0 amide bonds. The van der Waals surface area contributed by atoms with Crippen molar-refractivity contribution in [3.05, 3.63) is 12.7 Å². The van der Waals surface area contributed by atoms with Crippen LogP contribution in [0.3, 0.4) is 0 Å². The molecule has 1 aliphatic heterocycles. The highest BCUT2D eigenvalue weighted by Crippen LogP contribution is 2.51. The molecule has 1 saturated heterocycles. The molecule has 2 aliphatic rings. The van der Waals surface area contributed by atoms with Gasteiger partial charge >= 0.3 is 0 Å². The van der Waals surface area contributed by atoms with Crippen LogP contribution < -0.4 is 10.6 Å². The molecule has 0 aromatic rings. The summed E-state index contributed by atoms with van der Waals surface area (Å²) in [4.78, 5) is 4.49. The number of ether oxygens (including phenoxy) is 1. The van der Waals surface area contributed by atoms with E-state index in [4.69, 9.17) is 4.74 Å². The Morgan fingerprint density at radius 1 is 1.50 bits per heavy atom. The van der Waals surface area contributed by atoms with E-state index in [1.165, 1.54) is 12.8 Å². The number of nitrogens with zero attached hydrogens (tertiary/aromatic N) is 1. The number of fused-ring (bicyclic) bond motifs is 1. The molecule has 20 heavy (non-hydrogen) atoms. The zero-order valence-electron chi connectivity index (χ0n) is 12.8. The Hall–Kier alpha value is -0.300. The van der Waals surface area contributed by atoms with Crippen LogP contribution in [0.5, 0.6) is 0 Å². The number of aliphatic imine (C=N–C) groups is 1. The molecule has 116 valence electrons. The number of halogens is 1. The predicted octanol–water partition coefficient (Wildman–Crippen LogP) is 2.55. The second-order valence-corrected chi connectivity index (χ2v) is 6.05. The van der Waals surface area contributed by atoms with Gasteiger partial charge in [0.1, 0.15) is 0 Å². The van der Waals surface area contributed by atoms with Gasteiger partial charge in [0.25, 0.3) is 0 Å². The summed E-state index contributed by atoms with van der Waals surface area (Å²) in [5.41, 5.74) is 0.176. The van der Waals surface area contributed by atoms with Crippen molar-refractivity contribution < 1.29 is 4.74 Å². The minimum absolute atomic E-state index is 0. The van der Waals surface area contributed by atoms with Gasteiger partial charge in [0.05, 0.1) is 12.6 Å². The lowest BCUT2D eigenvalue weighted by atomic mass is 9.55. The number of guanidine groups is 1. The molecular formula is C15H28IN3O. The van der Waals surface area contributed by atoms with Crippen LogP contribution >= 0.6 is 24.0 Å². The molecule has 2 N–H and O–H groups in total. The Kier molecular flexibility index (Phi) is 6.78. The summed E-state index contributed by atoms with van der Waals surface area (Å²) in [6, 6.07) is 0.445. The van der Waals surface area contributed by atoms with Crippen molar-refractivity contribution in [1.82, 2.24) is 10.6 Å². The van der Waals surface area contributed by atoms with Gasteiger partial charge in [-0.3, -0.25) is 0 Å². The smallest absolute Gasteiger partial charge is 0.191 e. The van der Waals surface area contributed by atoms with Crippen LogP contribution in [0, 0.1) is 11.3 Å². The molecule has 0 bridgehead atoms. The average Bonchev–Trinajstić information content (AvgIpc) is 2.41. The van der Waals surface area contributed by atoms with Gasteiger partial charge < -0.3 is 15.4 Å². The quantitative estimate of drug-likeness (QED) is 0.334. The first-order valence-electron chi connectivity index (χ1n) is 7.38. The SMILES string of the molecule is C=CCN=C(NCC)NC1C2CCCOC2C1(C)C.I. The molecule has 0 aromatic carbocycles. The van der Waals surface area contributed by atoms with E-state index in [1.807, 2.05) is 6.08 Å². The Morgan fingerprint density at radius 3 is 2.90 bits per heavy atom. The van der Waals surface area contributed by atoms with Gasteiger partial charge in [-0.15, -0.1) is 30.6 Å². The summed E-state index contributed by atoms with van der Waals surface area (Å²) in [6.07, 6.45) is 4.65. The zero-order valence-corrected chi connectivity index (χ0v) is 15.1. The number of rotatable bonds is 4. The van der Waals surface area contributed by atoms with Crippen molar-refractivity contribution in [3.8, 4) is 0 Å². The summed E-state index contributed by atoms with van der Waals surface area (Å²) >= 11 is 0. The Morgan fingerprint density at radius 2 is 2.25 bits per heavy atom. The summed E-state index contributed by atoms with van der Waals surface area (Å²) < 4.78 is 5.93. The van der Waals surface area contributed by atoms with E-state index >= 15 is 0 Å². The fourth-order valence-corrected chi connectivity index (χ4v) is 3.44. The molecule has 2 fully saturated rings. The minimum Gasteiger partial charge on any atom is -0.377 e. The van der Waals surface area contributed by atoms with Gasteiger partial charge in [0, 0.05) is 30.5 Å². The number of nitrogens with one attached hydrogen (secondary N) is 2. The molecular weight excluding hydrogens is 365 g/mol. The molecule has 0 radical (unpaired) electrons. The maximum absolute atomic E-state index is 5.93. The largest absolute Gasteiger partial charge is 0.377 e. The summed E-state index contributed by atoms with van der Waals surface area (Å²) in [6.45, 7) is 12.8. The molecule has 3 atom stereocenters. The molecule has 5 heteroatoms. The lowest BCUT2D eigenvalue weighted by Gasteiger charge is -2.60. The molecule has 0 spiro atoms. The molecule has 1 aliphatic carbocycles. The third-order valence-electron chi connectivity index (χ3n) is 4.35. The van der Waals surface area contributed by atoms with Gasteiger partial charge in [0.2, 0.25) is 0 Å². The highest BCUT2D eigenvalue weighted by Gasteiger charge is 2.58. The van der Waals surface area contributed by atoms with E-state index < -0.39 is 0 Å². The molecule has 1 heterocycles.